The van der Waals surface area contributed by atoms with Crippen LogP contribution in [0.4, 0.5) is 10.2 Å². The first-order chi connectivity index (χ1) is 9.64. The van der Waals surface area contributed by atoms with Crippen LogP contribution in [0.15, 0.2) is 18.2 Å². The predicted molar refractivity (Wildman–Crippen MR) is 86.1 cm³/mol. The zero-order valence-corrected chi connectivity index (χ0v) is 13.8. The Kier molecular flexibility index (Phi) is 4.02. The molecule has 0 unspecified atom stereocenters. The Morgan fingerprint density at radius 2 is 1.90 bits per heavy atom. The number of halogens is 2. The molecule has 0 saturated heterocycles. The van der Waals surface area contributed by atoms with Crippen LogP contribution in [0.25, 0.3) is 11.3 Å². The van der Waals surface area contributed by atoms with Crippen LogP contribution in [-0.2, 0) is 5.41 Å². The Morgan fingerprint density at radius 3 is 2.38 bits per heavy atom. The number of rotatable bonds is 2. The summed E-state index contributed by atoms with van der Waals surface area (Å²) in [7, 11) is 0. The average Bonchev–Trinajstić information content (AvgIpc) is 2.70. The van der Waals surface area contributed by atoms with Crippen LogP contribution < -0.4 is 5.73 Å². The molecule has 0 saturated carbocycles. The highest BCUT2D eigenvalue weighted by Gasteiger charge is 2.27. The van der Waals surface area contributed by atoms with E-state index in [0.29, 0.717) is 17.1 Å². The van der Waals surface area contributed by atoms with Gasteiger partial charge in [0.05, 0.1) is 5.02 Å². The number of anilines is 1. The van der Waals surface area contributed by atoms with Gasteiger partial charge in [-0.1, -0.05) is 38.4 Å². The normalized spacial score (nSPS) is 12.2. The van der Waals surface area contributed by atoms with Gasteiger partial charge in [-0.25, -0.2) is 9.37 Å². The third-order valence-electron chi connectivity index (χ3n) is 3.34. The molecule has 0 aliphatic rings. The molecule has 21 heavy (non-hydrogen) atoms. The monoisotopic (exact) mass is 309 g/mol. The maximum atomic E-state index is 14.3. The quantitative estimate of drug-likeness (QED) is 0.865. The summed E-state index contributed by atoms with van der Waals surface area (Å²) in [5.41, 5.74) is 6.84. The number of benzene rings is 1. The van der Waals surface area contributed by atoms with Crippen molar-refractivity contribution in [2.75, 3.05) is 5.73 Å². The van der Waals surface area contributed by atoms with Crippen LogP contribution in [0, 0.1) is 5.82 Å². The van der Waals surface area contributed by atoms with Crippen molar-refractivity contribution >= 4 is 17.4 Å². The minimum absolute atomic E-state index is 0.0725. The summed E-state index contributed by atoms with van der Waals surface area (Å²) in [5, 5.41) is 0.0725. The molecule has 2 N–H and O–H groups in total. The van der Waals surface area contributed by atoms with Crippen LogP contribution in [-0.4, -0.2) is 9.55 Å². The molecule has 5 heteroatoms. The molecule has 0 aliphatic heterocycles. The Hall–Kier alpha value is -1.55. The van der Waals surface area contributed by atoms with E-state index in [0.717, 1.165) is 5.82 Å². The maximum absolute atomic E-state index is 14.3. The first kappa shape index (κ1) is 15.8. The number of hydrogen-bond donors (Lipinski definition) is 1. The molecule has 1 aromatic heterocycles. The molecule has 0 aliphatic carbocycles. The lowest BCUT2D eigenvalue weighted by atomic mass is 9.95. The van der Waals surface area contributed by atoms with E-state index in [-0.39, 0.29) is 16.5 Å². The van der Waals surface area contributed by atoms with Crippen LogP contribution in [0.2, 0.25) is 5.02 Å². The zero-order valence-electron chi connectivity index (χ0n) is 13.0. The van der Waals surface area contributed by atoms with E-state index in [1.54, 1.807) is 12.1 Å². The second kappa shape index (κ2) is 5.34. The van der Waals surface area contributed by atoms with E-state index < -0.39 is 5.82 Å². The first-order valence-electron chi connectivity index (χ1n) is 6.97. The minimum atomic E-state index is -0.486. The lowest BCUT2D eigenvalue weighted by Crippen LogP contribution is -2.21. The Labute approximate surface area is 129 Å². The Morgan fingerprint density at radius 1 is 1.29 bits per heavy atom. The number of nitrogen functional groups attached to an aromatic ring is 1. The van der Waals surface area contributed by atoms with Gasteiger partial charge in [-0.15, -0.1) is 0 Å². The van der Waals surface area contributed by atoms with Crippen LogP contribution in [0.5, 0.6) is 0 Å². The molecule has 0 bridgehead atoms. The molecule has 114 valence electrons. The van der Waals surface area contributed by atoms with Crippen molar-refractivity contribution in [2.24, 2.45) is 0 Å². The van der Waals surface area contributed by atoms with Crippen LogP contribution in [0.1, 0.15) is 46.5 Å². The average molecular weight is 310 g/mol. The molecule has 1 heterocycles. The molecular formula is C16H21ClFN3. The molecule has 3 nitrogen and oxygen atoms in total. The first-order valence-corrected chi connectivity index (χ1v) is 7.35. The molecule has 0 fully saturated rings. The largest absolute Gasteiger partial charge is 0.383 e. The van der Waals surface area contributed by atoms with E-state index in [9.17, 15) is 4.39 Å². The van der Waals surface area contributed by atoms with Gasteiger partial charge in [-0.3, -0.25) is 0 Å². The molecular weight excluding hydrogens is 289 g/mol. The van der Waals surface area contributed by atoms with Gasteiger partial charge >= 0.3 is 0 Å². The van der Waals surface area contributed by atoms with Gasteiger partial charge in [0.2, 0.25) is 0 Å². The number of imidazole rings is 1. The van der Waals surface area contributed by atoms with Crippen molar-refractivity contribution in [1.82, 2.24) is 9.55 Å². The summed E-state index contributed by atoms with van der Waals surface area (Å²) in [4.78, 5) is 4.61. The van der Waals surface area contributed by atoms with Gasteiger partial charge in [0, 0.05) is 17.0 Å². The second-order valence-corrected chi connectivity index (χ2v) is 6.89. The molecule has 2 aromatic rings. The molecule has 2 rings (SSSR count). The summed E-state index contributed by atoms with van der Waals surface area (Å²) in [6, 6.07) is 5.01. The number of nitrogens with zero attached hydrogens (tertiary/aromatic N) is 2. The lowest BCUT2D eigenvalue weighted by molar-refractivity contribution is 0.473. The smallest absolute Gasteiger partial charge is 0.151 e. The van der Waals surface area contributed by atoms with E-state index in [2.05, 4.69) is 25.8 Å². The highest BCUT2D eigenvalue weighted by atomic mass is 35.5. The summed E-state index contributed by atoms with van der Waals surface area (Å²) in [6.45, 7) is 10.3. The third-order valence-corrected chi connectivity index (χ3v) is 3.63. The molecule has 0 spiro atoms. The lowest BCUT2D eigenvalue weighted by Gasteiger charge is -2.22. The maximum Gasteiger partial charge on any atom is 0.151 e. The molecule has 0 radical (unpaired) electrons. The predicted octanol–water partition coefficient (Wildman–Crippen LogP) is 4.80. The highest BCUT2D eigenvalue weighted by molar-refractivity contribution is 6.31. The van der Waals surface area contributed by atoms with E-state index in [1.165, 1.54) is 6.07 Å². The van der Waals surface area contributed by atoms with Crippen molar-refractivity contribution in [3.8, 4) is 11.3 Å². The number of aromatic nitrogens is 2. The van der Waals surface area contributed by atoms with Crippen molar-refractivity contribution in [3.63, 3.8) is 0 Å². The number of nitrogens with two attached hydrogens (primary N) is 1. The van der Waals surface area contributed by atoms with Crippen molar-refractivity contribution in [1.29, 1.82) is 0 Å². The molecule has 0 amide bonds. The molecule has 1 aromatic carbocycles. The Balaban J connectivity index is 2.75. The fraction of sp³-hybridized carbons (Fsp3) is 0.438. The highest BCUT2D eigenvalue weighted by Crippen LogP contribution is 2.36. The minimum Gasteiger partial charge on any atom is -0.383 e. The van der Waals surface area contributed by atoms with E-state index >= 15 is 0 Å². The van der Waals surface area contributed by atoms with Crippen LogP contribution in [0.3, 0.4) is 0 Å². The summed E-state index contributed by atoms with van der Waals surface area (Å²) >= 11 is 5.86. The van der Waals surface area contributed by atoms with Gasteiger partial charge in [0.15, 0.2) is 5.82 Å². The summed E-state index contributed by atoms with van der Waals surface area (Å²) in [5.74, 6) is 0.820. The second-order valence-electron chi connectivity index (χ2n) is 6.48. The molecule has 0 atom stereocenters. The SMILES string of the molecule is CC(C)n1c(C(C)(C)C)nc(-c2cccc(Cl)c2F)c1N. The fourth-order valence-corrected chi connectivity index (χ4v) is 2.56. The van der Waals surface area contributed by atoms with Crippen LogP contribution >= 0.6 is 11.6 Å². The van der Waals surface area contributed by atoms with Gasteiger partial charge < -0.3 is 10.3 Å². The van der Waals surface area contributed by atoms with Crippen molar-refractivity contribution < 1.29 is 4.39 Å². The van der Waals surface area contributed by atoms with Gasteiger partial charge in [-0.2, -0.15) is 0 Å². The number of hydrogen-bond acceptors (Lipinski definition) is 2. The Bertz CT molecular complexity index is 669. The summed E-state index contributed by atoms with van der Waals surface area (Å²) in [6.07, 6.45) is 0. The third kappa shape index (κ3) is 2.77. The van der Waals surface area contributed by atoms with Crippen molar-refractivity contribution in [3.05, 3.63) is 34.9 Å². The zero-order chi connectivity index (χ0) is 15.9. The summed E-state index contributed by atoms with van der Waals surface area (Å²) < 4.78 is 16.2. The standard InChI is InChI=1S/C16H21ClFN3/c1-9(2)21-14(19)13(20-15(21)16(3,4)5)10-7-6-8-11(17)12(10)18/h6-9H,19H2,1-5H3. The van der Waals surface area contributed by atoms with Gasteiger partial charge in [-0.05, 0) is 26.0 Å². The van der Waals surface area contributed by atoms with Gasteiger partial charge in [0.1, 0.15) is 17.3 Å². The fourth-order valence-electron chi connectivity index (χ4n) is 2.38. The van der Waals surface area contributed by atoms with E-state index in [1.807, 2.05) is 18.4 Å². The van der Waals surface area contributed by atoms with E-state index in [4.69, 9.17) is 17.3 Å². The van der Waals surface area contributed by atoms with Gasteiger partial charge in [0.25, 0.3) is 0 Å². The van der Waals surface area contributed by atoms with Crippen molar-refractivity contribution in [2.45, 2.75) is 46.1 Å². The topological polar surface area (TPSA) is 43.8 Å².